The number of ether oxygens (including phenoxy) is 1. The van der Waals surface area contributed by atoms with Crippen molar-refractivity contribution >= 4 is 5.91 Å². The highest BCUT2D eigenvalue weighted by molar-refractivity contribution is 5.92. The van der Waals surface area contributed by atoms with E-state index in [-0.39, 0.29) is 11.9 Å². The summed E-state index contributed by atoms with van der Waals surface area (Å²) in [5.41, 5.74) is 1.42. The number of nitrogens with one attached hydrogen (secondary N) is 1. The van der Waals surface area contributed by atoms with Crippen LogP contribution in [0.4, 0.5) is 0 Å². The van der Waals surface area contributed by atoms with E-state index in [4.69, 9.17) is 4.74 Å². The van der Waals surface area contributed by atoms with E-state index in [1.807, 2.05) is 37.3 Å². The van der Waals surface area contributed by atoms with Crippen molar-refractivity contribution < 1.29 is 9.53 Å². The summed E-state index contributed by atoms with van der Waals surface area (Å²) in [6.07, 6.45) is 1.64. The molecule has 20 heavy (non-hydrogen) atoms. The van der Waals surface area contributed by atoms with Gasteiger partial charge in [-0.3, -0.25) is 4.79 Å². The maximum Gasteiger partial charge on any atom is 0.273 e. The molecule has 106 valence electrons. The van der Waals surface area contributed by atoms with Gasteiger partial charge in [-0.05, 0) is 12.5 Å². The molecule has 6 heteroatoms. The summed E-state index contributed by atoms with van der Waals surface area (Å²) in [6, 6.07) is 9.83. The summed E-state index contributed by atoms with van der Waals surface area (Å²) < 4.78 is 6.61. The fourth-order valence-corrected chi connectivity index (χ4v) is 1.84. The predicted octanol–water partition coefficient (Wildman–Crippen LogP) is 1.09. The summed E-state index contributed by atoms with van der Waals surface area (Å²) in [6.45, 7) is 2.93. The first kappa shape index (κ1) is 14.2. The molecule has 1 heterocycles. The van der Waals surface area contributed by atoms with Crippen LogP contribution in [0.15, 0.2) is 36.5 Å². The maximum atomic E-state index is 11.9. The molecule has 1 aromatic heterocycles. The molecule has 6 nitrogen and oxygen atoms in total. The van der Waals surface area contributed by atoms with Crippen molar-refractivity contribution in [1.82, 2.24) is 20.3 Å². The van der Waals surface area contributed by atoms with Gasteiger partial charge in [-0.2, -0.15) is 0 Å². The van der Waals surface area contributed by atoms with Gasteiger partial charge in [0.1, 0.15) is 0 Å². The molecular formula is C14H18N4O2. The van der Waals surface area contributed by atoms with Gasteiger partial charge in [-0.25, -0.2) is 4.68 Å². The third-order valence-corrected chi connectivity index (χ3v) is 2.75. The van der Waals surface area contributed by atoms with Crippen molar-refractivity contribution in [2.45, 2.75) is 19.5 Å². The summed E-state index contributed by atoms with van der Waals surface area (Å²) in [5.74, 6) is -0.242. The van der Waals surface area contributed by atoms with Crippen LogP contribution in [0.1, 0.15) is 23.0 Å². The summed E-state index contributed by atoms with van der Waals surface area (Å²) >= 11 is 0. The minimum absolute atomic E-state index is 0.0632. The molecule has 1 aromatic carbocycles. The highest BCUT2D eigenvalue weighted by Gasteiger charge is 2.13. The first-order valence-electron chi connectivity index (χ1n) is 6.43. The molecule has 0 aliphatic rings. The average molecular weight is 274 g/mol. The van der Waals surface area contributed by atoms with Crippen LogP contribution in [0.2, 0.25) is 0 Å². The lowest BCUT2D eigenvalue weighted by Crippen LogP contribution is -2.35. The van der Waals surface area contributed by atoms with Crippen molar-refractivity contribution in [2.24, 2.45) is 0 Å². The zero-order chi connectivity index (χ0) is 14.4. The van der Waals surface area contributed by atoms with E-state index in [1.165, 1.54) is 0 Å². The fraction of sp³-hybridized carbons (Fsp3) is 0.357. The third kappa shape index (κ3) is 3.89. The molecule has 2 aromatic rings. The van der Waals surface area contributed by atoms with Gasteiger partial charge in [0.15, 0.2) is 5.69 Å². The molecule has 0 saturated carbocycles. The lowest BCUT2D eigenvalue weighted by atomic mass is 10.2. The Morgan fingerprint density at radius 3 is 2.85 bits per heavy atom. The number of hydrogen-bond donors (Lipinski definition) is 1. The standard InChI is InChI=1S/C14H18N4O2/c1-11(10-20-2)15-14(19)13-9-18(17-16-13)8-12-6-4-3-5-7-12/h3-7,9,11H,8,10H2,1-2H3,(H,15,19). The molecule has 0 saturated heterocycles. The zero-order valence-electron chi connectivity index (χ0n) is 11.6. The van der Waals surface area contributed by atoms with Crippen LogP contribution < -0.4 is 5.32 Å². The summed E-state index contributed by atoms with van der Waals surface area (Å²) in [4.78, 5) is 11.9. The number of nitrogens with zero attached hydrogens (tertiary/aromatic N) is 3. The van der Waals surface area contributed by atoms with Gasteiger partial charge in [0.2, 0.25) is 0 Å². The highest BCUT2D eigenvalue weighted by atomic mass is 16.5. The molecule has 0 spiro atoms. The van der Waals surface area contributed by atoms with Crippen molar-refractivity contribution in [3.05, 3.63) is 47.8 Å². The van der Waals surface area contributed by atoms with E-state index >= 15 is 0 Å². The Morgan fingerprint density at radius 2 is 2.15 bits per heavy atom. The second kappa shape index (κ2) is 6.81. The average Bonchev–Trinajstić information content (AvgIpc) is 2.89. The zero-order valence-corrected chi connectivity index (χ0v) is 11.6. The molecule has 2 rings (SSSR count). The molecule has 0 aliphatic carbocycles. The number of carbonyl (C=O) groups is 1. The van der Waals surface area contributed by atoms with Gasteiger partial charge in [0.25, 0.3) is 5.91 Å². The number of rotatable bonds is 6. The lowest BCUT2D eigenvalue weighted by Gasteiger charge is -2.10. The molecule has 1 N–H and O–H groups in total. The van der Waals surface area contributed by atoms with E-state index in [0.717, 1.165) is 5.56 Å². The highest BCUT2D eigenvalue weighted by Crippen LogP contribution is 2.02. The van der Waals surface area contributed by atoms with Crippen molar-refractivity contribution in [3.63, 3.8) is 0 Å². The van der Waals surface area contributed by atoms with Gasteiger partial charge in [-0.1, -0.05) is 35.5 Å². The first-order chi connectivity index (χ1) is 9.69. The Kier molecular flexibility index (Phi) is 4.84. The Bertz CT molecular complexity index is 553. The van der Waals surface area contributed by atoms with Gasteiger partial charge in [0.05, 0.1) is 19.3 Å². The van der Waals surface area contributed by atoms with Crippen molar-refractivity contribution in [3.8, 4) is 0 Å². The Morgan fingerprint density at radius 1 is 1.40 bits per heavy atom. The van der Waals surface area contributed by atoms with Crippen LogP contribution in [0.3, 0.4) is 0 Å². The minimum atomic E-state index is -0.242. The largest absolute Gasteiger partial charge is 0.383 e. The second-order valence-electron chi connectivity index (χ2n) is 4.62. The Balaban J connectivity index is 1.96. The number of hydrogen-bond acceptors (Lipinski definition) is 4. The first-order valence-corrected chi connectivity index (χ1v) is 6.43. The molecule has 0 fully saturated rings. The number of amides is 1. The van der Waals surface area contributed by atoms with Gasteiger partial charge in [0, 0.05) is 13.2 Å². The third-order valence-electron chi connectivity index (χ3n) is 2.75. The van der Waals surface area contributed by atoms with Crippen molar-refractivity contribution in [1.29, 1.82) is 0 Å². The van der Waals surface area contributed by atoms with Gasteiger partial charge < -0.3 is 10.1 Å². The van der Waals surface area contributed by atoms with Gasteiger partial charge in [-0.15, -0.1) is 5.10 Å². The molecule has 0 aliphatic heterocycles. The van der Waals surface area contributed by atoms with Crippen LogP contribution in [-0.2, 0) is 11.3 Å². The van der Waals surface area contributed by atoms with Gasteiger partial charge >= 0.3 is 0 Å². The Hall–Kier alpha value is -2.21. The topological polar surface area (TPSA) is 69.0 Å². The van der Waals surface area contributed by atoms with E-state index in [1.54, 1.807) is 18.0 Å². The summed E-state index contributed by atoms with van der Waals surface area (Å²) in [7, 11) is 1.60. The molecule has 1 atom stereocenters. The van der Waals surface area contributed by atoms with Crippen molar-refractivity contribution in [2.75, 3.05) is 13.7 Å². The van der Waals surface area contributed by atoms with E-state index in [9.17, 15) is 4.79 Å². The van der Waals surface area contributed by atoms with E-state index in [0.29, 0.717) is 18.8 Å². The Labute approximate surface area is 117 Å². The fourth-order valence-electron chi connectivity index (χ4n) is 1.84. The number of methoxy groups -OCH3 is 1. The van der Waals surface area contributed by atoms with Crippen LogP contribution in [-0.4, -0.2) is 40.7 Å². The normalized spacial score (nSPS) is 12.1. The lowest BCUT2D eigenvalue weighted by molar-refractivity contribution is 0.0900. The number of benzene rings is 1. The molecular weight excluding hydrogens is 256 g/mol. The molecule has 1 unspecified atom stereocenters. The maximum absolute atomic E-state index is 11.9. The summed E-state index contributed by atoms with van der Waals surface area (Å²) in [5, 5.41) is 10.6. The van der Waals surface area contributed by atoms with Crippen LogP contribution in [0, 0.1) is 0 Å². The van der Waals surface area contributed by atoms with Crippen LogP contribution in [0.5, 0.6) is 0 Å². The smallest absolute Gasteiger partial charge is 0.273 e. The second-order valence-corrected chi connectivity index (χ2v) is 4.62. The minimum Gasteiger partial charge on any atom is -0.383 e. The molecule has 0 bridgehead atoms. The predicted molar refractivity (Wildman–Crippen MR) is 74.4 cm³/mol. The van der Waals surface area contributed by atoms with Crippen LogP contribution in [0.25, 0.3) is 0 Å². The SMILES string of the molecule is COCC(C)NC(=O)c1cn(Cc2ccccc2)nn1. The molecule has 1 amide bonds. The molecule has 0 radical (unpaired) electrons. The van der Waals surface area contributed by atoms with E-state index < -0.39 is 0 Å². The number of aromatic nitrogens is 3. The number of carbonyl (C=O) groups excluding carboxylic acids is 1. The van der Waals surface area contributed by atoms with E-state index in [2.05, 4.69) is 15.6 Å². The monoisotopic (exact) mass is 274 g/mol. The van der Waals surface area contributed by atoms with Crippen LogP contribution >= 0.6 is 0 Å². The quantitative estimate of drug-likeness (QED) is 0.856.